The minimum absolute atomic E-state index is 0.0658. The second-order valence-corrected chi connectivity index (χ2v) is 6.95. The van der Waals surface area contributed by atoms with E-state index >= 15 is 0 Å². The van der Waals surface area contributed by atoms with E-state index in [1.165, 1.54) is 4.90 Å². The molecule has 1 heterocycles. The first-order valence-electron chi connectivity index (χ1n) is 8.24. The Labute approximate surface area is 148 Å². The predicted molar refractivity (Wildman–Crippen MR) is 93.8 cm³/mol. The third kappa shape index (κ3) is 4.98. The van der Waals surface area contributed by atoms with Gasteiger partial charge in [0.1, 0.15) is 0 Å². The Morgan fingerprint density at radius 1 is 0.960 bits per heavy atom. The number of anilines is 1. The third-order valence-corrected chi connectivity index (χ3v) is 3.78. The molecule has 0 bridgehead atoms. The molecule has 0 aliphatic carbocycles. The fraction of sp³-hybridized carbons (Fsp3) is 0.474. The van der Waals surface area contributed by atoms with Crippen molar-refractivity contribution in [3.8, 4) is 0 Å². The summed E-state index contributed by atoms with van der Waals surface area (Å²) in [4.78, 5) is 35.6. The van der Waals surface area contributed by atoms with Crippen LogP contribution in [0.4, 0.5) is 5.69 Å². The summed E-state index contributed by atoms with van der Waals surface area (Å²) in [6.45, 7) is 9.57. The maximum Gasteiger partial charge on any atom is 0.261 e. The van der Waals surface area contributed by atoms with Gasteiger partial charge in [-0.25, -0.2) is 14.7 Å². The molecule has 1 aromatic carbocycles. The maximum atomic E-state index is 12.2. The van der Waals surface area contributed by atoms with Crippen LogP contribution in [0.3, 0.4) is 0 Å². The number of nitrogens with zero attached hydrogens (tertiary/aromatic N) is 1. The minimum Gasteiger partial charge on any atom is -0.352 e. The van der Waals surface area contributed by atoms with Gasteiger partial charge in [-0.2, -0.15) is 0 Å². The first-order valence-corrected chi connectivity index (χ1v) is 8.24. The Bertz CT molecular complexity index is 646. The average molecular weight is 347 g/mol. The second-order valence-electron chi connectivity index (χ2n) is 6.95. The van der Waals surface area contributed by atoms with Crippen LogP contribution in [0, 0.1) is 0 Å². The molecule has 1 aliphatic heterocycles. The topological polar surface area (TPSA) is 65.1 Å². The molecule has 6 heteroatoms. The zero-order valence-electron chi connectivity index (χ0n) is 15.4. The molecule has 1 aliphatic rings. The van der Waals surface area contributed by atoms with Gasteiger partial charge in [0.05, 0.1) is 17.9 Å². The number of rotatable bonds is 7. The van der Waals surface area contributed by atoms with Crippen molar-refractivity contribution in [1.82, 2.24) is 0 Å². The molecule has 0 spiro atoms. The van der Waals surface area contributed by atoms with Crippen molar-refractivity contribution in [1.29, 1.82) is 0 Å². The minimum atomic E-state index is -0.366. The van der Waals surface area contributed by atoms with Crippen LogP contribution in [0.1, 0.15) is 40.2 Å². The van der Waals surface area contributed by atoms with Gasteiger partial charge >= 0.3 is 0 Å². The predicted octanol–water partition coefficient (Wildman–Crippen LogP) is 3.16. The van der Waals surface area contributed by atoms with Crippen molar-refractivity contribution < 1.29 is 24.1 Å². The van der Waals surface area contributed by atoms with Crippen molar-refractivity contribution in [2.24, 2.45) is 0 Å². The Morgan fingerprint density at radius 3 is 2.04 bits per heavy atom. The van der Waals surface area contributed by atoms with E-state index in [9.17, 15) is 9.59 Å². The molecule has 1 aromatic rings. The fourth-order valence-electron chi connectivity index (χ4n) is 2.28. The number of hydrogen-bond acceptors (Lipinski definition) is 5. The van der Waals surface area contributed by atoms with Crippen LogP contribution < -0.4 is 4.90 Å². The van der Waals surface area contributed by atoms with Gasteiger partial charge in [-0.3, -0.25) is 9.59 Å². The lowest BCUT2D eigenvalue weighted by atomic mass is 10.1. The lowest BCUT2D eigenvalue weighted by Gasteiger charge is -2.17. The highest BCUT2D eigenvalue weighted by Gasteiger charge is 2.34. The maximum absolute atomic E-state index is 12.2. The highest BCUT2D eigenvalue weighted by atomic mass is 17.2. The lowest BCUT2D eigenvalue weighted by Crippen LogP contribution is -2.31. The number of ether oxygens (including phenoxy) is 1. The van der Waals surface area contributed by atoms with Gasteiger partial charge in [0.25, 0.3) is 11.8 Å². The standard InChI is InChI=1S/C19H25NO5/c1-13-14(2)18(22)20(17(13)21)16-8-6-15(7-9-16)10-11-23-12-24-25-19(3,4)5/h6-9H,10-12H2,1-5H3. The van der Waals surface area contributed by atoms with E-state index in [0.717, 1.165) is 5.56 Å². The smallest absolute Gasteiger partial charge is 0.261 e. The van der Waals surface area contributed by atoms with Gasteiger partial charge in [0.2, 0.25) is 0 Å². The molecule has 0 saturated carbocycles. The largest absolute Gasteiger partial charge is 0.352 e. The number of hydrogen-bond donors (Lipinski definition) is 0. The van der Waals surface area contributed by atoms with Crippen LogP contribution in [-0.4, -0.2) is 30.8 Å². The van der Waals surface area contributed by atoms with Gasteiger partial charge in [0.15, 0.2) is 6.79 Å². The van der Waals surface area contributed by atoms with Gasteiger partial charge in [-0.05, 0) is 58.7 Å². The number of carbonyl (C=O) groups is 2. The van der Waals surface area contributed by atoms with E-state index in [0.29, 0.717) is 29.9 Å². The van der Waals surface area contributed by atoms with Crippen LogP contribution in [0.15, 0.2) is 35.4 Å². The Morgan fingerprint density at radius 2 is 1.52 bits per heavy atom. The van der Waals surface area contributed by atoms with E-state index in [2.05, 4.69) is 0 Å². The molecule has 0 saturated heterocycles. The quantitative estimate of drug-likeness (QED) is 0.249. The summed E-state index contributed by atoms with van der Waals surface area (Å²) >= 11 is 0. The van der Waals surface area contributed by atoms with Gasteiger partial charge < -0.3 is 4.74 Å². The molecule has 2 rings (SSSR count). The number of amides is 2. The molecule has 0 unspecified atom stereocenters. The highest BCUT2D eigenvalue weighted by Crippen LogP contribution is 2.26. The van der Waals surface area contributed by atoms with E-state index in [1.54, 1.807) is 26.0 Å². The molecule has 6 nitrogen and oxygen atoms in total. The van der Waals surface area contributed by atoms with E-state index in [1.807, 2.05) is 32.9 Å². The molecule has 0 N–H and O–H groups in total. The highest BCUT2D eigenvalue weighted by molar-refractivity contribution is 6.32. The SMILES string of the molecule is CC1=C(C)C(=O)N(c2ccc(CCOCOOC(C)(C)C)cc2)C1=O. The van der Waals surface area contributed by atoms with Crippen LogP contribution in [0.2, 0.25) is 0 Å². The molecule has 2 amide bonds. The summed E-state index contributed by atoms with van der Waals surface area (Å²) in [6, 6.07) is 7.32. The molecule has 0 atom stereocenters. The first-order chi connectivity index (χ1) is 11.7. The van der Waals surface area contributed by atoms with E-state index in [-0.39, 0.29) is 24.2 Å². The monoisotopic (exact) mass is 347 g/mol. The third-order valence-electron chi connectivity index (χ3n) is 3.78. The Balaban J connectivity index is 1.81. The van der Waals surface area contributed by atoms with Gasteiger partial charge in [-0.15, -0.1) is 0 Å². The van der Waals surface area contributed by atoms with Crippen LogP contribution in [-0.2, 0) is 30.5 Å². The van der Waals surface area contributed by atoms with Crippen LogP contribution in [0.5, 0.6) is 0 Å². The molecule has 136 valence electrons. The molecule has 0 fully saturated rings. The van der Waals surface area contributed by atoms with Crippen molar-refractivity contribution in [2.45, 2.75) is 46.6 Å². The lowest BCUT2D eigenvalue weighted by molar-refractivity contribution is -0.380. The average Bonchev–Trinajstić information content (AvgIpc) is 2.74. The molecular formula is C19H25NO5. The second kappa shape index (κ2) is 7.91. The molecule has 0 radical (unpaired) electrons. The summed E-state index contributed by atoms with van der Waals surface area (Å²) in [5, 5.41) is 0. The van der Waals surface area contributed by atoms with Gasteiger partial charge in [0, 0.05) is 11.1 Å². The van der Waals surface area contributed by atoms with Crippen LogP contribution in [0.25, 0.3) is 0 Å². The van der Waals surface area contributed by atoms with E-state index < -0.39 is 0 Å². The van der Waals surface area contributed by atoms with Crippen molar-refractivity contribution in [3.05, 3.63) is 41.0 Å². The molecule has 25 heavy (non-hydrogen) atoms. The normalized spacial score (nSPS) is 15.5. The summed E-state index contributed by atoms with van der Waals surface area (Å²) in [5.74, 6) is -0.510. The zero-order chi connectivity index (χ0) is 18.6. The zero-order valence-corrected chi connectivity index (χ0v) is 15.4. The number of benzene rings is 1. The number of carbonyl (C=O) groups excluding carboxylic acids is 2. The van der Waals surface area contributed by atoms with Crippen LogP contribution >= 0.6 is 0 Å². The number of imide groups is 1. The summed E-state index contributed by atoms with van der Waals surface area (Å²) in [7, 11) is 0. The first kappa shape index (κ1) is 19.3. The summed E-state index contributed by atoms with van der Waals surface area (Å²) in [5.41, 5.74) is 2.26. The molecular weight excluding hydrogens is 322 g/mol. The molecule has 0 aromatic heterocycles. The van der Waals surface area contributed by atoms with E-state index in [4.69, 9.17) is 14.5 Å². The summed E-state index contributed by atoms with van der Waals surface area (Å²) < 4.78 is 5.35. The van der Waals surface area contributed by atoms with Crippen molar-refractivity contribution in [3.63, 3.8) is 0 Å². The van der Waals surface area contributed by atoms with Crippen molar-refractivity contribution in [2.75, 3.05) is 18.3 Å². The van der Waals surface area contributed by atoms with Gasteiger partial charge in [-0.1, -0.05) is 12.1 Å². The Kier molecular flexibility index (Phi) is 6.11. The van der Waals surface area contributed by atoms with Crippen molar-refractivity contribution >= 4 is 17.5 Å². The fourth-order valence-corrected chi connectivity index (χ4v) is 2.28. The Hall–Kier alpha value is -2.02. The summed E-state index contributed by atoms with van der Waals surface area (Å²) in [6.07, 6.45) is 0.692.